The van der Waals surface area contributed by atoms with Crippen LogP contribution in [-0.2, 0) is 0 Å². The first-order valence-electron chi connectivity index (χ1n) is 2.70. The summed E-state index contributed by atoms with van der Waals surface area (Å²) in [4.78, 5) is 5.03. The molecule has 0 unspecified atom stereocenters. The molecule has 0 aromatic carbocycles. The van der Waals surface area contributed by atoms with E-state index in [1.807, 2.05) is 0 Å². The van der Waals surface area contributed by atoms with Crippen molar-refractivity contribution in [3.63, 3.8) is 0 Å². The molecule has 0 aliphatic rings. The number of anilines is 1. The maximum atomic E-state index is 5.43. The maximum Gasteiger partial charge on any atom is 0.207 e. The lowest BCUT2D eigenvalue weighted by atomic mass is 10.8. The van der Waals surface area contributed by atoms with Gasteiger partial charge < -0.3 is 11.6 Å². The lowest BCUT2D eigenvalue weighted by molar-refractivity contribution is 0.861. The molecule has 0 radical (unpaired) electrons. The summed E-state index contributed by atoms with van der Waals surface area (Å²) in [6.45, 7) is 0. The van der Waals surface area contributed by atoms with E-state index in [0.717, 1.165) is 0 Å². The number of rotatable bonds is 0. The lowest BCUT2D eigenvalue weighted by Crippen LogP contribution is -2.08. The highest BCUT2D eigenvalue weighted by Gasteiger charge is 2.01. The highest BCUT2D eigenvalue weighted by Crippen LogP contribution is 2.03. The Bertz CT molecular complexity index is 321. The Morgan fingerprint density at radius 2 is 2.30 bits per heavy atom. The highest BCUT2D eigenvalue weighted by molar-refractivity contribution is 5.43. The van der Waals surface area contributed by atoms with E-state index >= 15 is 0 Å². The molecule has 6 heteroatoms. The minimum absolute atomic E-state index is 0.395. The number of nitrogens with two attached hydrogens (primary N) is 2. The largest absolute Gasteiger partial charge is 0.369 e. The van der Waals surface area contributed by atoms with Crippen LogP contribution in [0.25, 0.3) is 5.65 Å². The topological polar surface area (TPSA) is 87.2 Å². The molecular formula is C4H6N6. The van der Waals surface area contributed by atoms with Crippen molar-refractivity contribution in [1.82, 2.24) is 19.3 Å². The molecule has 0 atom stereocenters. The van der Waals surface area contributed by atoms with Gasteiger partial charge in [0.25, 0.3) is 0 Å². The zero-order valence-electron chi connectivity index (χ0n) is 5.10. The molecule has 2 aromatic heterocycles. The molecule has 0 aliphatic carbocycles. The van der Waals surface area contributed by atoms with Crippen LogP contribution in [0.2, 0.25) is 0 Å². The molecule has 0 amide bonds. The molecule has 4 N–H and O–H groups in total. The molecule has 2 heterocycles. The molecule has 0 spiro atoms. The smallest absolute Gasteiger partial charge is 0.207 e. The molecule has 0 aliphatic heterocycles. The summed E-state index contributed by atoms with van der Waals surface area (Å²) >= 11 is 0. The van der Waals surface area contributed by atoms with Gasteiger partial charge in [0.15, 0.2) is 5.65 Å². The third kappa shape index (κ3) is 0.426. The van der Waals surface area contributed by atoms with E-state index in [1.54, 1.807) is 10.6 Å². The van der Waals surface area contributed by atoms with Gasteiger partial charge in [-0.2, -0.15) is 4.79 Å². The van der Waals surface area contributed by atoms with Gasteiger partial charge in [-0.1, -0.05) is 0 Å². The molecule has 0 fully saturated rings. The molecule has 0 saturated heterocycles. The minimum Gasteiger partial charge on any atom is -0.369 e. The number of nitrogens with zero attached hydrogens (tertiary/aromatic N) is 4. The number of nitrogen functional groups attached to an aromatic ring is 2. The fourth-order valence-electron chi connectivity index (χ4n) is 0.820. The zero-order valence-corrected chi connectivity index (χ0v) is 5.10. The van der Waals surface area contributed by atoms with E-state index in [2.05, 4.69) is 10.1 Å². The third-order valence-electron chi connectivity index (χ3n) is 1.33. The van der Waals surface area contributed by atoms with Gasteiger partial charge in [0.05, 0.1) is 6.20 Å². The van der Waals surface area contributed by atoms with Gasteiger partial charge in [0.1, 0.15) is 6.33 Å². The molecule has 2 aromatic rings. The fraction of sp³-hybridized carbons (Fsp3) is 0. The molecule has 10 heavy (non-hydrogen) atoms. The van der Waals surface area contributed by atoms with E-state index in [9.17, 15) is 0 Å². The molecule has 6 nitrogen and oxygen atoms in total. The normalized spacial score (nSPS) is 10.8. The van der Waals surface area contributed by atoms with Crippen molar-refractivity contribution in [1.29, 1.82) is 0 Å². The fourth-order valence-corrected chi connectivity index (χ4v) is 0.820. The number of hydrogen-bond acceptors (Lipinski definition) is 4. The van der Waals surface area contributed by atoms with Gasteiger partial charge in [0, 0.05) is 0 Å². The van der Waals surface area contributed by atoms with Crippen molar-refractivity contribution in [3.05, 3.63) is 12.5 Å². The number of hydrogen-bond donors (Lipinski definition) is 2. The van der Waals surface area contributed by atoms with Crippen LogP contribution in [0.4, 0.5) is 5.95 Å². The average Bonchev–Trinajstić information content (AvgIpc) is 2.41. The van der Waals surface area contributed by atoms with Crippen LogP contribution in [0, 0.1) is 0 Å². The molecule has 0 saturated carbocycles. The summed E-state index contributed by atoms with van der Waals surface area (Å²) in [5.74, 6) is 5.77. The Kier molecular flexibility index (Phi) is 0.717. The Labute approximate surface area is 56.0 Å². The van der Waals surface area contributed by atoms with Gasteiger partial charge in [-0.25, -0.2) is 4.98 Å². The number of fused-ring (bicyclic) bond motifs is 1. The standard InChI is InChI=1S/C4H6N6/c5-4-7-1-3-9(4)2-8-10(3)6/h1-2H,6H2,(H2,5,7). The van der Waals surface area contributed by atoms with Crippen LogP contribution in [0.15, 0.2) is 12.5 Å². The SMILES string of the molecule is Nc1ncc2n(N)ncn12. The second kappa shape index (κ2) is 1.41. The van der Waals surface area contributed by atoms with Gasteiger partial charge in [0.2, 0.25) is 5.95 Å². The Morgan fingerprint density at radius 1 is 1.50 bits per heavy atom. The first-order valence-corrected chi connectivity index (χ1v) is 2.70. The van der Waals surface area contributed by atoms with Gasteiger partial charge in [-0.3, -0.25) is 4.40 Å². The first kappa shape index (κ1) is 5.10. The van der Waals surface area contributed by atoms with E-state index in [-0.39, 0.29) is 0 Å². The van der Waals surface area contributed by atoms with Crippen molar-refractivity contribution in [3.8, 4) is 0 Å². The summed E-state index contributed by atoms with van der Waals surface area (Å²) in [5.41, 5.74) is 6.11. The third-order valence-corrected chi connectivity index (χ3v) is 1.33. The van der Waals surface area contributed by atoms with E-state index < -0.39 is 0 Å². The van der Waals surface area contributed by atoms with Crippen LogP contribution in [0.3, 0.4) is 0 Å². The minimum atomic E-state index is 0.395. The molecular weight excluding hydrogens is 132 g/mol. The maximum absolute atomic E-state index is 5.43. The number of aromatic nitrogens is 4. The first-order chi connectivity index (χ1) is 4.79. The summed E-state index contributed by atoms with van der Waals surface area (Å²) in [7, 11) is 0. The predicted molar refractivity (Wildman–Crippen MR) is 35.5 cm³/mol. The summed E-state index contributed by atoms with van der Waals surface area (Å²) in [5, 5.41) is 3.75. The Balaban J connectivity index is 2.95. The highest BCUT2D eigenvalue weighted by atomic mass is 15.5. The van der Waals surface area contributed by atoms with E-state index in [4.69, 9.17) is 11.6 Å². The Morgan fingerprint density at radius 3 is 3.00 bits per heavy atom. The number of imidazole rings is 1. The van der Waals surface area contributed by atoms with Crippen molar-refractivity contribution >= 4 is 11.6 Å². The second-order valence-corrected chi connectivity index (χ2v) is 1.92. The molecule has 0 bridgehead atoms. The van der Waals surface area contributed by atoms with Crippen LogP contribution >= 0.6 is 0 Å². The zero-order chi connectivity index (χ0) is 7.14. The van der Waals surface area contributed by atoms with Crippen molar-refractivity contribution in [2.75, 3.05) is 11.6 Å². The van der Waals surface area contributed by atoms with Gasteiger partial charge in [-0.05, 0) is 0 Å². The Hall–Kier alpha value is -1.72. The van der Waals surface area contributed by atoms with Crippen LogP contribution in [-0.4, -0.2) is 19.3 Å². The van der Waals surface area contributed by atoms with Crippen molar-refractivity contribution in [2.45, 2.75) is 0 Å². The van der Waals surface area contributed by atoms with Crippen molar-refractivity contribution in [2.24, 2.45) is 0 Å². The van der Waals surface area contributed by atoms with E-state index in [1.165, 1.54) is 11.1 Å². The van der Waals surface area contributed by atoms with Crippen molar-refractivity contribution < 1.29 is 0 Å². The molecule has 52 valence electrons. The molecule has 2 rings (SSSR count). The van der Waals surface area contributed by atoms with Crippen LogP contribution < -0.4 is 11.6 Å². The summed E-state index contributed by atoms with van der Waals surface area (Å²) < 4.78 is 1.60. The van der Waals surface area contributed by atoms with Crippen LogP contribution in [0.1, 0.15) is 0 Å². The quantitative estimate of drug-likeness (QED) is 0.449. The predicted octanol–water partition coefficient (Wildman–Crippen LogP) is -1.17. The lowest BCUT2D eigenvalue weighted by Gasteiger charge is -1.84. The second-order valence-electron chi connectivity index (χ2n) is 1.92. The summed E-state index contributed by atoms with van der Waals surface area (Å²) in [6.07, 6.45) is 3.07. The van der Waals surface area contributed by atoms with E-state index in [0.29, 0.717) is 11.6 Å². The summed E-state index contributed by atoms with van der Waals surface area (Å²) in [6, 6.07) is 0. The van der Waals surface area contributed by atoms with Gasteiger partial charge >= 0.3 is 0 Å². The monoisotopic (exact) mass is 138 g/mol. The average molecular weight is 138 g/mol. The van der Waals surface area contributed by atoms with Crippen LogP contribution in [0.5, 0.6) is 0 Å². The van der Waals surface area contributed by atoms with Gasteiger partial charge in [-0.15, -0.1) is 5.10 Å².